The number of halogens is 1. The molecule has 1 N–H and O–H groups in total. The third kappa shape index (κ3) is 6.59. The lowest BCUT2D eigenvalue weighted by Gasteiger charge is -2.26. The number of nitrogens with one attached hydrogen (secondary N) is 1. The molecule has 2 atom stereocenters. The van der Waals surface area contributed by atoms with E-state index in [-0.39, 0.29) is 24.0 Å². The van der Waals surface area contributed by atoms with Gasteiger partial charge in [0.2, 0.25) is 0 Å². The summed E-state index contributed by atoms with van der Waals surface area (Å²) in [6, 6.07) is 18.8. The molecule has 2 aromatic carbocycles. The molecule has 1 fully saturated rings. The normalized spacial score (nSPS) is 20.5. The van der Waals surface area contributed by atoms with E-state index in [2.05, 4.69) is 59.6 Å². The van der Waals surface area contributed by atoms with E-state index < -0.39 is 0 Å². The topological polar surface area (TPSA) is 46.1 Å². The number of likely N-dealkylation sites (tertiary alicyclic amines) is 1. The number of benzene rings is 2. The zero-order valence-corrected chi connectivity index (χ0v) is 20.7. The van der Waals surface area contributed by atoms with Crippen LogP contribution >= 0.6 is 24.0 Å². The number of ether oxygens (including phenoxy) is 2. The summed E-state index contributed by atoms with van der Waals surface area (Å²) >= 11 is 0. The second-order valence-electron chi connectivity index (χ2n) is 8.17. The Hall–Kier alpha value is -1.80. The molecule has 31 heavy (non-hydrogen) atoms. The van der Waals surface area contributed by atoms with Gasteiger partial charge >= 0.3 is 0 Å². The lowest BCUT2D eigenvalue weighted by Crippen LogP contribution is -2.40. The average Bonchev–Trinajstić information content (AvgIpc) is 3.26. The third-order valence-corrected chi connectivity index (χ3v) is 5.93. The molecule has 2 unspecified atom stereocenters. The Bertz CT molecular complexity index is 831. The highest BCUT2D eigenvalue weighted by Crippen LogP contribution is 2.33. The van der Waals surface area contributed by atoms with Crippen LogP contribution in [0.1, 0.15) is 36.8 Å². The molecule has 2 aromatic rings. The predicted molar refractivity (Wildman–Crippen MR) is 136 cm³/mol. The molecule has 2 heterocycles. The lowest BCUT2D eigenvalue weighted by atomic mass is 9.93. The minimum absolute atomic E-state index is 0. The van der Waals surface area contributed by atoms with Crippen LogP contribution in [0.5, 0.6) is 5.75 Å². The summed E-state index contributed by atoms with van der Waals surface area (Å²) in [5.74, 6) is 3.04. The zero-order valence-electron chi connectivity index (χ0n) is 18.3. The molecular formula is C25H34IN3O2. The molecule has 0 aromatic heterocycles. The molecule has 0 spiro atoms. The van der Waals surface area contributed by atoms with Crippen molar-refractivity contribution in [1.82, 2.24) is 10.2 Å². The minimum Gasteiger partial charge on any atom is -0.493 e. The molecule has 0 bridgehead atoms. The lowest BCUT2D eigenvalue weighted by molar-refractivity contribution is 0.0906. The molecule has 0 aliphatic carbocycles. The van der Waals surface area contributed by atoms with Gasteiger partial charge in [-0.2, -0.15) is 0 Å². The van der Waals surface area contributed by atoms with Crippen molar-refractivity contribution < 1.29 is 9.47 Å². The number of fused-ring (bicyclic) bond motifs is 1. The van der Waals surface area contributed by atoms with Crippen molar-refractivity contribution in [3.05, 3.63) is 65.7 Å². The van der Waals surface area contributed by atoms with E-state index in [0.717, 1.165) is 63.9 Å². The van der Waals surface area contributed by atoms with Crippen molar-refractivity contribution in [2.45, 2.75) is 32.3 Å². The highest BCUT2D eigenvalue weighted by molar-refractivity contribution is 14.0. The Kier molecular flexibility index (Phi) is 9.46. The molecule has 2 aliphatic rings. The molecule has 0 radical (unpaired) electrons. The van der Waals surface area contributed by atoms with Gasteiger partial charge in [0.05, 0.1) is 19.8 Å². The molecule has 6 heteroatoms. The summed E-state index contributed by atoms with van der Waals surface area (Å²) in [4.78, 5) is 7.41. The number of guanidine groups is 1. The first-order valence-electron chi connectivity index (χ1n) is 11.2. The fourth-order valence-electron chi connectivity index (χ4n) is 4.31. The number of hydrogen-bond acceptors (Lipinski definition) is 3. The van der Waals surface area contributed by atoms with Crippen molar-refractivity contribution in [2.24, 2.45) is 10.9 Å². The molecule has 0 saturated carbocycles. The first kappa shape index (κ1) is 23.9. The third-order valence-electron chi connectivity index (χ3n) is 5.93. The van der Waals surface area contributed by atoms with Crippen molar-refractivity contribution >= 4 is 29.9 Å². The number of rotatable bonds is 7. The van der Waals surface area contributed by atoms with Crippen LogP contribution in [0.15, 0.2) is 59.6 Å². The smallest absolute Gasteiger partial charge is 0.193 e. The zero-order chi connectivity index (χ0) is 20.6. The van der Waals surface area contributed by atoms with Crippen LogP contribution in [0.3, 0.4) is 0 Å². The summed E-state index contributed by atoms with van der Waals surface area (Å²) in [5, 5.41) is 3.49. The minimum atomic E-state index is 0. The number of hydrogen-bond donors (Lipinski definition) is 1. The fraction of sp³-hybridized carbons (Fsp3) is 0.480. The van der Waals surface area contributed by atoms with Crippen molar-refractivity contribution in [3.63, 3.8) is 0 Å². The van der Waals surface area contributed by atoms with Gasteiger partial charge in [0.15, 0.2) is 5.96 Å². The Labute approximate surface area is 203 Å². The monoisotopic (exact) mass is 535 g/mol. The van der Waals surface area contributed by atoms with Crippen LogP contribution in [-0.4, -0.2) is 50.3 Å². The summed E-state index contributed by atoms with van der Waals surface area (Å²) < 4.78 is 11.8. The van der Waals surface area contributed by atoms with Crippen LogP contribution < -0.4 is 10.1 Å². The summed E-state index contributed by atoms with van der Waals surface area (Å²) in [5.41, 5.74) is 2.52. The van der Waals surface area contributed by atoms with Crippen molar-refractivity contribution in [1.29, 1.82) is 0 Å². The molecule has 2 aliphatic heterocycles. The molecule has 168 valence electrons. The number of aliphatic imine (C=N–C) groups is 1. The van der Waals surface area contributed by atoms with E-state index in [0.29, 0.717) is 18.4 Å². The van der Waals surface area contributed by atoms with Crippen LogP contribution in [0.2, 0.25) is 0 Å². The van der Waals surface area contributed by atoms with E-state index in [1.165, 1.54) is 11.1 Å². The van der Waals surface area contributed by atoms with Gasteiger partial charge in [-0.15, -0.1) is 24.0 Å². The van der Waals surface area contributed by atoms with E-state index in [9.17, 15) is 0 Å². The maximum absolute atomic E-state index is 5.99. The van der Waals surface area contributed by atoms with Crippen LogP contribution in [-0.2, 0) is 11.3 Å². The molecule has 1 saturated heterocycles. The van der Waals surface area contributed by atoms with Crippen LogP contribution in [0, 0.1) is 5.92 Å². The predicted octanol–water partition coefficient (Wildman–Crippen LogP) is 4.67. The number of nitrogens with zero attached hydrogens (tertiary/aromatic N) is 2. The highest BCUT2D eigenvalue weighted by atomic mass is 127. The first-order chi connectivity index (χ1) is 14.8. The van der Waals surface area contributed by atoms with E-state index >= 15 is 0 Å². The van der Waals surface area contributed by atoms with Gasteiger partial charge in [0.25, 0.3) is 0 Å². The van der Waals surface area contributed by atoms with Crippen LogP contribution in [0.4, 0.5) is 0 Å². The van der Waals surface area contributed by atoms with E-state index in [1.807, 2.05) is 12.1 Å². The maximum Gasteiger partial charge on any atom is 0.193 e. The van der Waals surface area contributed by atoms with Crippen molar-refractivity contribution in [3.8, 4) is 5.75 Å². The molecule has 4 rings (SSSR count). The largest absolute Gasteiger partial charge is 0.493 e. The Balaban J connectivity index is 0.00000272. The highest BCUT2D eigenvalue weighted by Gasteiger charge is 2.26. The van der Waals surface area contributed by atoms with Gasteiger partial charge in [-0.05, 0) is 37.0 Å². The first-order valence-corrected chi connectivity index (χ1v) is 11.2. The molecule has 5 nitrogen and oxygen atoms in total. The van der Waals surface area contributed by atoms with Gasteiger partial charge in [0, 0.05) is 38.0 Å². The van der Waals surface area contributed by atoms with Gasteiger partial charge in [-0.1, -0.05) is 48.5 Å². The Morgan fingerprint density at radius 2 is 1.94 bits per heavy atom. The average molecular weight is 535 g/mol. The second-order valence-corrected chi connectivity index (χ2v) is 8.17. The SMILES string of the molecule is CCNC(=NCC1CCOc2ccccc21)N1CCC(COCc2ccccc2)C1.I. The van der Waals surface area contributed by atoms with Gasteiger partial charge in [-0.3, -0.25) is 4.99 Å². The van der Waals surface area contributed by atoms with E-state index in [4.69, 9.17) is 14.5 Å². The van der Waals surface area contributed by atoms with Gasteiger partial charge < -0.3 is 19.7 Å². The standard InChI is InChI=1S/C25H33N3O2.HI/c1-2-26-25(27-16-22-13-15-30-24-11-7-6-10-23(22)24)28-14-12-21(17-28)19-29-18-20-8-4-3-5-9-20;/h3-11,21-22H,2,12-19H2,1H3,(H,26,27);1H. The van der Waals surface area contributed by atoms with Crippen molar-refractivity contribution in [2.75, 3.05) is 39.4 Å². The maximum atomic E-state index is 5.99. The number of para-hydroxylation sites is 1. The molecule has 0 amide bonds. The van der Waals surface area contributed by atoms with Gasteiger partial charge in [0.1, 0.15) is 5.75 Å². The second kappa shape index (κ2) is 12.3. The van der Waals surface area contributed by atoms with Crippen LogP contribution in [0.25, 0.3) is 0 Å². The summed E-state index contributed by atoms with van der Waals surface area (Å²) in [6.45, 7) is 8.13. The van der Waals surface area contributed by atoms with Gasteiger partial charge in [-0.25, -0.2) is 0 Å². The summed E-state index contributed by atoms with van der Waals surface area (Å²) in [6.07, 6.45) is 2.18. The Morgan fingerprint density at radius 1 is 1.13 bits per heavy atom. The fourth-order valence-corrected chi connectivity index (χ4v) is 4.31. The Morgan fingerprint density at radius 3 is 2.77 bits per heavy atom. The summed E-state index contributed by atoms with van der Waals surface area (Å²) in [7, 11) is 0. The van der Waals surface area contributed by atoms with E-state index in [1.54, 1.807) is 0 Å². The quantitative estimate of drug-likeness (QED) is 0.318. The molecular weight excluding hydrogens is 501 g/mol.